The zero-order valence-corrected chi connectivity index (χ0v) is 13.7. The topological polar surface area (TPSA) is 23.5 Å². The summed E-state index contributed by atoms with van der Waals surface area (Å²) in [6.07, 6.45) is 1.13. The van der Waals surface area contributed by atoms with Crippen LogP contribution in [-0.2, 0) is 12.1 Å². The van der Waals surface area contributed by atoms with Crippen LogP contribution in [0.25, 0.3) is 0 Å². The lowest BCUT2D eigenvalue weighted by Crippen LogP contribution is -2.19. The van der Waals surface area contributed by atoms with E-state index in [1.54, 1.807) is 0 Å². The predicted molar refractivity (Wildman–Crippen MR) is 90.9 cm³/mol. The summed E-state index contributed by atoms with van der Waals surface area (Å²) in [4.78, 5) is 2.37. The third-order valence-corrected chi connectivity index (χ3v) is 4.67. The molecule has 1 unspecified atom stereocenters. The highest BCUT2D eigenvalue weighted by molar-refractivity contribution is 5.42. The largest absolute Gasteiger partial charge is 0.386 e. The molecule has 3 rings (SSSR count). The average molecular weight is 295 g/mol. The maximum absolute atomic E-state index is 10.3. The molecule has 0 bridgehead atoms. The zero-order valence-electron chi connectivity index (χ0n) is 13.7. The van der Waals surface area contributed by atoms with Gasteiger partial charge in [0.15, 0.2) is 0 Å². The van der Waals surface area contributed by atoms with Crippen LogP contribution in [0.15, 0.2) is 48.5 Å². The summed E-state index contributed by atoms with van der Waals surface area (Å²) in [6.45, 7) is 5.74. The standard InChI is InChI=1S/C20H25NO/c1-20(2,22)17-9-10-18-16(13-17)14-21(3)12-11-19(18)15-7-5-4-6-8-15/h4-10,13,19,22H,11-12,14H2,1-3H3. The fraction of sp³-hybridized carbons (Fsp3) is 0.400. The molecule has 0 saturated heterocycles. The van der Waals surface area contributed by atoms with E-state index in [0.717, 1.165) is 25.1 Å². The van der Waals surface area contributed by atoms with Crippen LogP contribution < -0.4 is 0 Å². The Labute approximate surface area is 133 Å². The number of nitrogens with zero attached hydrogens (tertiary/aromatic N) is 1. The smallest absolute Gasteiger partial charge is 0.0840 e. The molecule has 0 amide bonds. The van der Waals surface area contributed by atoms with Gasteiger partial charge in [0.1, 0.15) is 0 Å². The van der Waals surface area contributed by atoms with E-state index in [1.807, 2.05) is 13.8 Å². The van der Waals surface area contributed by atoms with E-state index in [4.69, 9.17) is 0 Å². The molecule has 22 heavy (non-hydrogen) atoms. The van der Waals surface area contributed by atoms with Crippen LogP contribution in [0, 0.1) is 0 Å². The van der Waals surface area contributed by atoms with Gasteiger partial charge < -0.3 is 10.0 Å². The normalized spacial score (nSPS) is 19.5. The molecule has 1 N–H and O–H groups in total. The lowest BCUT2D eigenvalue weighted by Gasteiger charge is -2.22. The van der Waals surface area contributed by atoms with E-state index in [9.17, 15) is 5.11 Å². The van der Waals surface area contributed by atoms with E-state index < -0.39 is 5.60 Å². The number of benzene rings is 2. The second-order valence-electron chi connectivity index (χ2n) is 6.96. The van der Waals surface area contributed by atoms with E-state index in [2.05, 4.69) is 60.5 Å². The van der Waals surface area contributed by atoms with Crippen LogP contribution >= 0.6 is 0 Å². The third kappa shape index (κ3) is 3.08. The minimum absolute atomic E-state index is 0.442. The maximum Gasteiger partial charge on any atom is 0.0840 e. The summed E-state index contributed by atoms with van der Waals surface area (Å²) in [6, 6.07) is 17.3. The highest BCUT2D eigenvalue weighted by atomic mass is 16.3. The Morgan fingerprint density at radius 1 is 1.09 bits per heavy atom. The summed E-state index contributed by atoms with van der Waals surface area (Å²) in [5.41, 5.74) is 4.34. The molecule has 116 valence electrons. The molecule has 2 aromatic rings. The number of hydrogen-bond acceptors (Lipinski definition) is 2. The van der Waals surface area contributed by atoms with Crippen molar-refractivity contribution in [2.75, 3.05) is 13.6 Å². The van der Waals surface area contributed by atoms with Crippen molar-refractivity contribution in [3.8, 4) is 0 Å². The number of fused-ring (bicyclic) bond motifs is 1. The molecule has 0 aliphatic carbocycles. The van der Waals surface area contributed by atoms with Crippen molar-refractivity contribution in [3.05, 3.63) is 70.8 Å². The minimum atomic E-state index is -0.790. The Bertz CT molecular complexity index is 643. The second-order valence-corrected chi connectivity index (χ2v) is 6.96. The highest BCUT2D eigenvalue weighted by Gasteiger charge is 2.24. The van der Waals surface area contributed by atoms with Crippen LogP contribution in [0.4, 0.5) is 0 Å². The molecule has 1 aliphatic heterocycles. The lowest BCUT2D eigenvalue weighted by molar-refractivity contribution is 0.0784. The van der Waals surface area contributed by atoms with Gasteiger partial charge in [0, 0.05) is 12.5 Å². The molecule has 0 spiro atoms. The van der Waals surface area contributed by atoms with Gasteiger partial charge in [0.2, 0.25) is 0 Å². The molecule has 2 aromatic carbocycles. The van der Waals surface area contributed by atoms with Crippen molar-refractivity contribution in [3.63, 3.8) is 0 Å². The van der Waals surface area contributed by atoms with Crippen molar-refractivity contribution < 1.29 is 5.11 Å². The molecule has 1 atom stereocenters. The van der Waals surface area contributed by atoms with Gasteiger partial charge in [-0.2, -0.15) is 0 Å². The van der Waals surface area contributed by atoms with Crippen molar-refractivity contribution in [2.24, 2.45) is 0 Å². The summed E-state index contributed by atoms with van der Waals surface area (Å²) in [7, 11) is 2.17. The molecule has 2 nitrogen and oxygen atoms in total. The van der Waals surface area contributed by atoms with Crippen molar-refractivity contribution in [2.45, 2.75) is 38.3 Å². The van der Waals surface area contributed by atoms with Crippen LogP contribution in [0.1, 0.15) is 48.4 Å². The first-order valence-electron chi connectivity index (χ1n) is 8.04. The SMILES string of the molecule is CN1CCC(c2ccccc2)c2ccc(C(C)(C)O)cc2C1. The fourth-order valence-electron chi connectivity index (χ4n) is 3.37. The average Bonchev–Trinajstić information content (AvgIpc) is 2.64. The molecule has 0 fully saturated rings. The van der Waals surface area contributed by atoms with Gasteiger partial charge >= 0.3 is 0 Å². The fourth-order valence-corrected chi connectivity index (χ4v) is 3.37. The van der Waals surface area contributed by atoms with E-state index in [0.29, 0.717) is 5.92 Å². The first-order valence-corrected chi connectivity index (χ1v) is 8.04. The van der Waals surface area contributed by atoms with Gasteiger partial charge in [-0.25, -0.2) is 0 Å². The zero-order chi connectivity index (χ0) is 15.7. The Hall–Kier alpha value is -1.64. The van der Waals surface area contributed by atoms with Crippen molar-refractivity contribution in [1.29, 1.82) is 0 Å². The molecule has 1 heterocycles. The third-order valence-electron chi connectivity index (χ3n) is 4.67. The predicted octanol–water partition coefficient (Wildman–Crippen LogP) is 3.88. The van der Waals surface area contributed by atoms with Gasteiger partial charge in [0.05, 0.1) is 5.60 Å². The molecule has 0 aromatic heterocycles. The van der Waals surface area contributed by atoms with Crippen LogP contribution in [0.2, 0.25) is 0 Å². The molecule has 0 saturated carbocycles. The van der Waals surface area contributed by atoms with Crippen LogP contribution in [0.3, 0.4) is 0 Å². The van der Waals surface area contributed by atoms with Crippen molar-refractivity contribution in [1.82, 2.24) is 4.90 Å². The summed E-state index contributed by atoms with van der Waals surface area (Å²) in [5, 5.41) is 10.3. The van der Waals surface area contributed by atoms with Gasteiger partial charge in [-0.1, -0.05) is 48.5 Å². The quantitative estimate of drug-likeness (QED) is 0.909. The van der Waals surface area contributed by atoms with Crippen LogP contribution in [0.5, 0.6) is 0 Å². The van der Waals surface area contributed by atoms with Gasteiger partial charge in [-0.15, -0.1) is 0 Å². The monoisotopic (exact) mass is 295 g/mol. The molecule has 1 aliphatic rings. The Morgan fingerprint density at radius 2 is 1.82 bits per heavy atom. The van der Waals surface area contributed by atoms with Crippen LogP contribution in [-0.4, -0.2) is 23.6 Å². The molecular weight excluding hydrogens is 270 g/mol. The molecule has 2 heteroatoms. The molecule has 0 radical (unpaired) electrons. The van der Waals surface area contributed by atoms with E-state index in [-0.39, 0.29) is 0 Å². The Balaban J connectivity index is 2.07. The summed E-state index contributed by atoms with van der Waals surface area (Å²) >= 11 is 0. The molecular formula is C20H25NO. The van der Waals surface area contributed by atoms with Crippen molar-refractivity contribution >= 4 is 0 Å². The Morgan fingerprint density at radius 3 is 2.50 bits per heavy atom. The first-order chi connectivity index (χ1) is 10.4. The number of hydrogen-bond donors (Lipinski definition) is 1. The number of rotatable bonds is 2. The summed E-state index contributed by atoms with van der Waals surface area (Å²) < 4.78 is 0. The van der Waals surface area contributed by atoms with Gasteiger partial charge in [0.25, 0.3) is 0 Å². The van der Waals surface area contributed by atoms with E-state index >= 15 is 0 Å². The minimum Gasteiger partial charge on any atom is -0.386 e. The number of aliphatic hydroxyl groups is 1. The second kappa shape index (κ2) is 5.86. The van der Waals surface area contributed by atoms with E-state index in [1.165, 1.54) is 16.7 Å². The highest BCUT2D eigenvalue weighted by Crippen LogP contribution is 2.35. The lowest BCUT2D eigenvalue weighted by atomic mass is 9.84. The van der Waals surface area contributed by atoms with Gasteiger partial charge in [-0.3, -0.25) is 0 Å². The maximum atomic E-state index is 10.3. The first kappa shape index (κ1) is 15.3. The Kier molecular flexibility index (Phi) is 4.07. The summed E-state index contributed by atoms with van der Waals surface area (Å²) in [5.74, 6) is 0.442. The van der Waals surface area contributed by atoms with Gasteiger partial charge in [-0.05, 0) is 56.1 Å².